The van der Waals surface area contributed by atoms with Crippen LogP contribution < -0.4 is 0 Å². The van der Waals surface area contributed by atoms with Gasteiger partial charge in [0.2, 0.25) is 0 Å². The topological polar surface area (TPSA) is 46.5 Å². The highest BCUT2D eigenvalue weighted by Gasteiger charge is 2.22. The summed E-state index contributed by atoms with van der Waals surface area (Å²) >= 11 is 0. The van der Waals surface area contributed by atoms with E-state index in [9.17, 15) is 9.90 Å². The number of unbranched alkanes of at least 4 members (excludes halogenated alkanes) is 10. The predicted octanol–water partition coefficient (Wildman–Crippen LogP) is 9.45. The molecule has 200 valence electrons. The number of allylic oxidation sites excluding steroid dienone is 1. The van der Waals surface area contributed by atoms with Gasteiger partial charge in [-0.3, -0.25) is 4.79 Å². The van der Waals surface area contributed by atoms with E-state index in [0.29, 0.717) is 12.2 Å². The summed E-state index contributed by atoms with van der Waals surface area (Å²) in [6, 6.07) is 5.72. The molecule has 0 aliphatic rings. The largest absolute Gasteiger partial charge is 0.508 e. The number of carbonyl (C=O) groups excluding carboxylic acids is 1. The SMILES string of the molecule is C=CCCCCCCC(CCCCCCCCC)OC(=O)C(C)Cc1ccc(O)c(C(C)(C)C)c1. The van der Waals surface area contributed by atoms with Crippen LogP contribution in [0.5, 0.6) is 5.75 Å². The summed E-state index contributed by atoms with van der Waals surface area (Å²) in [7, 11) is 0. The summed E-state index contributed by atoms with van der Waals surface area (Å²) in [5.41, 5.74) is 1.85. The Morgan fingerprint density at radius 1 is 0.971 bits per heavy atom. The zero-order valence-electron chi connectivity index (χ0n) is 23.5. The Morgan fingerprint density at radius 3 is 2.11 bits per heavy atom. The molecule has 35 heavy (non-hydrogen) atoms. The van der Waals surface area contributed by atoms with Crippen LogP contribution in [0.15, 0.2) is 30.9 Å². The van der Waals surface area contributed by atoms with Gasteiger partial charge in [-0.05, 0) is 67.6 Å². The highest BCUT2D eigenvalue weighted by Crippen LogP contribution is 2.32. The molecule has 0 saturated heterocycles. The molecule has 1 aromatic carbocycles. The summed E-state index contributed by atoms with van der Waals surface area (Å²) in [5.74, 6) is 0.0332. The van der Waals surface area contributed by atoms with Gasteiger partial charge < -0.3 is 9.84 Å². The highest BCUT2D eigenvalue weighted by molar-refractivity contribution is 5.72. The third kappa shape index (κ3) is 13.8. The molecule has 0 saturated carbocycles. The maximum atomic E-state index is 13.0. The summed E-state index contributed by atoms with van der Waals surface area (Å²) in [4.78, 5) is 13.0. The molecule has 0 aromatic heterocycles. The molecule has 0 spiro atoms. The van der Waals surface area contributed by atoms with Gasteiger partial charge in [-0.2, -0.15) is 0 Å². The van der Waals surface area contributed by atoms with Crippen LogP contribution in [0.3, 0.4) is 0 Å². The first-order chi connectivity index (χ1) is 16.7. The molecule has 0 radical (unpaired) electrons. The van der Waals surface area contributed by atoms with E-state index in [-0.39, 0.29) is 23.4 Å². The number of carbonyl (C=O) groups is 1. The molecule has 3 heteroatoms. The van der Waals surface area contributed by atoms with E-state index in [4.69, 9.17) is 4.74 Å². The zero-order valence-corrected chi connectivity index (χ0v) is 23.5. The van der Waals surface area contributed by atoms with Crippen LogP contribution in [-0.4, -0.2) is 17.2 Å². The second-order valence-electron chi connectivity index (χ2n) is 11.5. The lowest BCUT2D eigenvalue weighted by Crippen LogP contribution is -2.24. The number of hydrogen-bond donors (Lipinski definition) is 1. The van der Waals surface area contributed by atoms with Crippen molar-refractivity contribution in [3.63, 3.8) is 0 Å². The highest BCUT2D eigenvalue weighted by atomic mass is 16.5. The van der Waals surface area contributed by atoms with E-state index in [1.165, 1.54) is 57.8 Å². The predicted molar refractivity (Wildman–Crippen MR) is 150 cm³/mol. The smallest absolute Gasteiger partial charge is 0.309 e. The summed E-state index contributed by atoms with van der Waals surface area (Å²) < 4.78 is 6.07. The van der Waals surface area contributed by atoms with Gasteiger partial charge >= 0.3 is 5.97 Å². The van der Waals surface area contributed by atoms with Crippen molar-refractivity contribution in [2.24, 2.45) is 5.92 Å². The lowest BCUT2D eigenvalue weighted by atomic mass is 9.84. The molecule has 0 amide bonds. The summed E-state index contributed by atoms with van der Waals surface area (Å²) in [6.07, 6.45) is 19.4. The molecule has 1 rings (SSSR count). The molecule has 1 N–H and O–H groups in total. The fourth-order valence-corrected chi connectivity index (χ4v) is 4.63. The van der Waals surface area contributed by atoms with Gasteiger partial charge in [0.25, 0.3) is 0 Å². The summed E-state index contributed by atoms with van der Waals surface area (Å²) in [6.45, 7) is 14.3. The van der Waals surface area contributed by atoms with Crippen LogP contribution in [0.25, 0.3) is 0 Å². The third-order valence-electron chi connectivity index (χ3n) is 6.91. The molecule has 0 bridgehead atoms. The molecular formula is C32H54O3. The number of phenolic OH excluding ortho intramolecular Hbond substituents is 1. The van der Waals surface area contributed by atoms with Gasteiger partial charge in [0.15, 0.2) is 0 Å². The quantitative estimate of drug-likeness (QED) is 0.120. The molecular weight excluding hydrogens is 432 g/mol. The summed E-state index contributed by atoms with van der Waals surface area (Å²) in [5, 5.41) is 10.2. The van der Waals surface area contributed by atoms with E-state index in [2.05, 4.69) is 34.3 Å². The lowest BCUT2D eigenvalue weighted by molar-refractivity contribution is -0.154. The van der Waals surface area contributed by atoms with Crippen LogP contribution in [0.1, 0.15) is 136 Å². The molecule has 0 aliphatic heterocycles. The zero-order chi connectivity index (χ0) is 26.1. The maximum Gasteiger partial charge on any atom is 0.309 e. The van der Waals surface area contributed by atoms with Crippen LogP contribution in [0.4, 0.5) is 0 Å². The van der Waals surface area contributed by atoms with Crippen molar-refractivity contribution < 1.29 is 14.6 Å². The van der Waals surface area contributed by atoms with E-state index in [1.807, 2.05) is 25.1 Å². The minimum Gasteiger partial charge on any atom is -0.508 e. The number of esters is 1. The van der Waals surface area contributed by atoms with Crippen molar-refractivity contribution in [3.05, 3.63) is 42.0 Å². The van der Waals surface area contributed by atoms with Gasteiger partial charge in [-0.1, -0.05) is 104 Å². The third-order valence-corrected chi connectivity index (χ3v) is 6.91. The average molecular weight is 487 g/mol. The Morgan fingerprint density at radius 2 is 1.54 bits per heavy atom. The first kappa shape index (κ1) is 31.3. The first-order valence-corrected chi connectivity index (χ1v) is 14.3. The number of rotatable bonds is 19. The van der Waals surface area contributed by atoms with E-state index >= 15 is 0 Å². The average Bonchev–Trinajstić information content (AvgIpc) is 2.80. The fraction of sp³-hybridized carbons (Fsp3) is 0.719. The standard InChI is InChI=1S/C32H54O3/c1-7-9-11-13-15-17-19-21-28(20-18-16-14-12-10-8-2)35-31(34)26(3)24-27-22-23-30(33)29(25-27)32(4,5)6/h8,22-23,25-26,28,33H,2,7,9-21,24H2,1,3-6H3. The van der Waals surface area contributed by atoms with E-state index in [0.717, 1.165) is 43.2 Å². The van der Waals surface area contributed by atoms with Crippen molar-refractivity contribution in [1.82, 2.24) is 0 Å². The molecule has 0 aliphatic carbocycles. The maximum absolute atomic E-state index is 13.0. The van der Waals surface area contributed by atoms with Gasteiger partial charge in [0.1, 0.15) is 11.9 Å². The van der Waals surface area contributed by atoms with Gasteiger partial charge in [0.05, 0.1) is 5.92 Å². The number of benzene rings is 1. The van der Waals surface area contributed by atoms with Crippen molar-refractivity contribution in [1.29, 1.82) is 0 Å². The van der Waals surface area contributed by atoms with Crippen molar-refractivity contribution in [2.75, 3.05) is 0 Å². The molecule has 3 nitrogen and oxygen atoms in total. The normalized spacial score (nSPS) is 13.4. The van der Waals surface area contributed by atoms with Crippen LogP contribution in [0.2, 0.25) is 0 Å². The van der Waals surface area contributed by atoms with E-state index < -0.39 is 0 Å². The monoisotopic (exact) mass is 486 g/mol. The first-order valence-electron chi connectivity index (χ1n) is 14.3. The molecule has 1 aromatic rings. The number of ether oxygens (including phenoxy) is 1. The Kier molecular flexibility index (Phi) is 15.7. The number of phenols is 1. The van der Waals surface area contributed by atoms with Crippen LogP contribution >= 0.6 is 0 Å². The molecule has 2 atom stereocenters. The number of hydrogen-bond acceptors (Lipinski definition) is 3. The molecule has 0 fully saturated rings. The minimum atomic E-state index is -0.198. The van der Waals surface area contributed by atoms with Crippen molar-refractivity contribution in [3.8, 4) is 5.75 Å². The van der Waals surface area contributed by atoms with Gasteiger partial charge in [-0.25, -0.2) is 0 Å². The number of aromatic hydroxyl groups is 1. The van der Waals surface area contributed by atoms with Crippen LogP contribution in [-0.2, 0) is 21.4 Å². The Balaban J connectivity index is 2.61. The van der Waals surface area contributed by atoms with Gasteiger partial charge in [-0.15, -0.1) is 6.58 Å². The Bertz CT molecular complexity index is 716. The molecule has 0 heterocycles. The van der Waals surface area contributed by atoms with Crippen LogP contribution in [0, 0.1) is 5.92 Å². The second kappa shape index (κ2) is 17.6. The Hall–Kier alpha value is -1.77. The minimum absolute atomic E-state index is 0.0324. The fourth-order valence-electron chi connectivity index (χ4n) is 4.63. The van der Waals surface area contributed by atoms with Crippen molar-refractivity contribution >= 4 is 5.97 Å². The lowest BCUT2D eigenvalue weighted by Gasteiger charge is -2.23. The second-order valence-corrected chi connectivity index (χ2v) is 11.5. The van der Waals surface area contributed by atoms with Gasteiger partial charge in [0, 0.05) is 0 Å². The van der Waals surface area contributed by atoms with E-state index in [1.54, 1.807) is 6.07 Å². The Labute approximate surface area is 216 Å². The molecule has 2 unspecified atom stereocenters. The van der Waals surface area contributed by atoms with Crippen molar-refractivity contribution in [2.45, 2.75) is 142 Å².